The molecule has 0 unspecified atom stereocenters. The second kappa shape index (κ2) is 4.59. The molecule has 18 heavy (non-hydrogen) atoms. The molecule has 0 saturated heterocycles. The number of H-pyrrole nitrogens is 1. The molecule has 1 N–H and O–H groups in total. The number of fused-ring (bicyclic) bond motifs is 1. The molecule has 2 aromatic heterocycles. The molecule has 92 valence electrons. The lowest BCUT2D eigenvalue weighted by Crippen LogP contribution is -2.07. The highest BCUT2D eigenvalue weighted by Gasteiger charge is 2.06. The summed E-state index contributed by atoms with van der Waals surface area (Å²) in [4.78, 5) is 3.14. The van der Waals surface area contributed by atoms with Gasteiger partial charge in [-0.25, -0.2) is 0 Å². The first-order valence-electron chi connectivity index (χ1n) is 5.60. The lowest BCUT2D eigenvalue weighted by atomic mass is 10.3. The molecule has 3 aromatic rings. The molecule has 0 radical (unpaired) electrons. The SMILES string of the molecule is S=c1[nH]c2c(Cl)cccc2n1CCn1cccn1. The van der Waals surface area contributed by atoms with E-state index in [0.717, 1.165) is 24.1 Å². The Kier molecular flexibility index (Phi) is 2.93. The fourth-order valence-electron chi connectivity index (χ4n) is 2.00. The van der Waals surface area contributed by atoms with E-state index < -0.39 is 0 Å². The zero-order valence-electron chi connectivity index (χ0n) is 9.51. The number of rotatable bonds is 3. The second-order valence-corrected chi connectivity index (χ2v) is 4.78. The van der Waals surface area contributed by atoms with Gasteiger partial charge in [0.1, 0.15) is 0 Å². The number of para-hydroxylation sites is 1. The van der Waals surface area contributed by atoms with E-state index in [4.69, 9.17) is 23.8 Å². The lowest BCUT2D eigenvalue weighted by Gasteiger charge is -2.05. The van der Waals surface area contributed by atoms with Crippen LogP contribution in [-0.2, 0) is 13.1 Å². The second-order valence-electron chi connectivity index (χ2n) is 3.98. The number of nitrogens with zero attached hydrogens (tertiary/aromatic N) is 3. The topological polar surface area (TPSA) is 38.5 Å². The van der Waals surface area contributed by atoms with E-state index in [1.54, 1.807) is 6.20 Å². The molecule has 0 amide bonds. The molecule has 1 aromatic carbocycles. The minimum absolute atomic E-state index is 0.685. The van der Waals surface area contributed by atoms with Crippen LogP contribution in [0.15, 0.2) is 36.7 Å². The zero-order chi connectivity index (χ0) is 12.5. The van der Waals surface area contributed by atoms with E-state index in [1.165, 1.54) is 0 Å². The summed E-state index contributed by atoms with van der Waals surface area (Å²) < 4.78 is 4.61. The molecular formula is C12H11ClN4S. The third-order valence-electron chi connectivity index (χ3n) is 2.87. The van der Waals surface area contributed by atoms with Crippen LogP contribution in [0, 0.1) is 4.77 Å². The van der Waals surface area contributed by atoms with Crippen LogP contribution in [0.25, 0.3) is 11.0 Å². The van der Waals surface area contributed by atoms with Crippen LogP contribution in [0.2, 0.25) is 5.02 Å². The van der Waals surface area contributed by atoms with Crippen molar-refractivity contribution in [1.82, 2.24) is 19.3 Å². The Morgan fingerprint density at radius 2 is 2.17 bits per heavy atom. The minimum atomic E-state index is 0.685. The smallest absolute Gasteiger partial charge is 0.178 e. The van der Waals surface area contributed by atoms with Crippen LogP contribution < -0.4 is 0 Å². The molecule has 0 spiro atoms. The maximum Gasteiger partial charge on any atom is 0.178 e. The molecule has 0 aliphatic heterocycles. The Morgan fingerprint density at radius 3 is 2.94 bits per heavy atom. The quantitative estimate of drug-likeness (QED) is 0.747. The molecular weight excluding hydrogens is 268 g/mol. The molecule has 0 aliphatic carbocycles. The van der Waals surface area contributed by atoms with Crippen LogP contribution in [-0.4, -0.2) is 19.3 Å². The summed E-state index contributed by atoms with van der Waals surface area (Å²) in [5.74, 6) is 0. The van der Waals surface area contributed by atoms with Crippen molar-refractivity contribution in [3.8, 4) is 0 Å². The van der Waals surface area contributed by atoms with Gasteiger partial charge >= 0.3 is 0 Å². The highest BCUT2D eigenvalue weighted by Crippen LogP contribution is 2.22. The number of aryl methyl sites for hydroxylation is 2. The number of benzene rings is 1. The fraction of sp³-hybridized carbons (Fsp3) is 0.167. The van der Waals surface area contributed by atoms with Crippen molar-refractivity contribution in [2.45, 2.75) is 13.1 Å². The minimum Gasteiger partial charge on any atom is -0.329 e. The van der Waals surface area contributed by atoms with E-state index in [0.29, 0.717) is 9.79 Å². The molecule has 0 saturated carbocycles. The maximum atomic E-state index is 6.13. The average molecular weight is 279 g/mol. The summed E-state index contributed by atoms with van der Waals surface area (Å²) >= 11 is 11.5. The summed E-state index contributed by atoms with van der Waals surface area (Å²) in [6.45, 7) is 1.54. The molecule has 3 rings (SSSR count). The third-order valence-corrected chi connectivity index (χ3v) is 3.51. The van der Waals surface area contributed by atoms with Crippen molar-refractivity contribution in [1.29, 1.82) is 0 Å². The number of halogens is 1. The van der Waals surface area contributed by atoms with Crippen molar-refractivity contribution in [2.75, 3.05) is 0 Å². The van der Waals surface area contributed by atoms with Gasteiger partial charge in [-0.3, -0.25) is 4.68 Å². The fourth-order valence-corrected chi connectivity index (χ4v) is 2.51. The van der Waals surface area contributed by atoms with Gasteiger partial charge in [-0.2, -0.15) is 5.10 Å². The van der Waals surface area contributed by atoms with E-state index in [9.17, 15) is 0 Å². The summed E-state index contributed by atoms with van der Waals surface area (Å²) in [5.41, 5.74) is 1.92. The number of hydrogen-bond donors (Lipinski definition) is 1. The van der Waals surface area contributed by atoms with Crippen molar-refractivity contribution in [2.24, 2.45) is 0 Å². The number of aromatic amines is 1. The molecule has 6 heteroatoms. The molecule has 0 aliphatic rings. The lowest BCUT2D eigenvalue weighted by molar-refractivity contribution is 0.538. The third kappa shape index (κ3) is 1.95. The van der Waals surface area contributed by atoms with Crippen LogP contribution in [0.4, 0.5) is 0 Å². The molecule has 2 heterocycles. The van der Waals surface area contributed by atoms with Crippen molar-refractivity contribution >= 4 is 34.9 Å². The van der Waals surface area contributed by atoms with Crippen LogP contribution in [0.1, 0.15) is 0 Å². The van der Waals surface area contributed by atoms with E-state index >= 15 is 0 Å². The molecule has 0 atom stereocenters. The monoisotopic (exact) mass is 278 g/mol. The summed E-state index contributed by atoms with van der Waals surface area (Å²) in [7, 11) is 0. The first kappa shape index (κ1) is 11.5. The van der Waals surface area contributed by atoms with Gasteiger partial charge in [0.2, 0.25) is 0 Å². The van der Waals surface area contributed by atoms with Gasteiger partial charge in [-0.15, -0.1) is 0 Å². The standard InChI is InChI=1S/C12H11ClN4S/c13-9-3-1-4-10-11(9)15-12(18)17(10)8-7-16-6-2-5-14-16/h1-6H,7-8H2,(H,15,18). The molecule has 0 fully saturated rings. The Morgan fingerprint density at radius 1 is 1.28 bits per heavy atom. The summed E-state index contributed by atoms with van der Waals surface area (Å²) in [6, 6.07) is 7.70. The zero-order valence-corrected chi connectivity index (χ0v) is 11.1. The van der Waals surface area contributed by atoms with E-state index in [1.807, 2.05) is 39.7 Å². The Balaban J connectivity index is 1.99. The molecule has 0 bridgehead atoms. The van der Waals surface area contributed by atoms with Crippen molar-refractivity contribution < 1.29 is 0 Å². The largest absolute Gasteiger partial charge is 0.329 e. The predicted molar refractivity (Wildman–Crippen MR) is 74.4 cm³/mol. The normalized spacial score (nSPS) is 11.2. The number of hydrogen-bond acceptors (Lipinski definition) is 2. The van der Waals surface area contributed by atoms with E-state index in [-0.39, 0.29) is 0 Å². The highest BCUT2D eigenvalue weighted by atomic mass is 35.5. The summed E-state index contributed by atoms with van der Waals surface area (Å²) in [6.07, 6.45) is 3.71. The van der Waals surface area contributed by atoms with Gasteiger partial charge in [0.15, 0.2) is 4.77 Å². The van der Waals surface area contributed by atoms with Gasteiger partial charge in [-0.05, 0) is 30.4 Å². The highest BCUT2D eigenvalue weighted by molar-refractivity contribution is 7.71. The predicted octanol–water partition coefficient (Wildman–Crippen LogP) is 3.25. The van der Waals surface area contributed by atoms with E-state index in [2.05, 4.69) is 10.1 Å². The average Bonchev–Trinajstić information content (AvgIpc) is 2.95. The Hall–Kier alpha value is -1.59. The van der Waals surface area contributed by atoms with Crippen LogP contribution in [0.3, 0.4) is 0 Å². The van der Waals surface area contributed by atoms with Gasteiger partial charge in [0.25, 0.3) is 0 Å². The first-order chi connectivity index (χ1) is 8.75. The van der Waals surface area contributed by atoms with Gasteiger partial charge in [-0.1, -0.05) is 17.7 Å². The number of nitrogens with one attached hydrogen (secondary N) is 1. The summed E-state index contributed by atoms with van der Waals surface area (Å²) in [5, 5.41) is 4.87. The number of aromatic nitrogens is 4. The van der Waals surface area contributed by atoms with Crippen molar-refractivity contribution in [3.05, 3.63) is 46.5 Å². The Labute approximate surface area is 114 Å². The molecule has 4 nitrogen and oxygen atoms in total. The van der Waals surface area contributed by atoms with Crippen LogP contribution in [0.5, 0.6) is 0 Å². The van der Waals surface area contributed by atoms with Crippen molar-refractivity contribution in [3.63, 3.8) is 0 Å². The van der Waals surface area contributed by atoms with Gasteiger partial charge in [0.05, 0.1) is 22.6 Å². The Bertz CT molecular complexity index is 726. The number of imidazole rings is 1. The first-order valence-corrected chi connectivity index (χ1v) is 6.39. The van der Waals surface area contributed by atoms with Gasteiger partial charge < -0.3 is 9.55 Å². The van der Waals surface area contributed by atoms with Crippen LogP contribution >= 0.6 is 23.8 Å². The van der Waals surface area contributed by atoms with Gasteiger partial charge in [0, 0.05) is 18.9 Å². The maximum absolute atomic E-state index is 6.13.